The monoisotopic (exact) mass is 392 g/mol. The van der Waals surface area contributed by atoms with Crippen LogP contribution >= 0.6 is 11.6 Å². The zero-order valence-corrected chi connectivity index (χ0v) is 16.5. The molecule has 5 nitrogen and oxygen atoms in total. The van der Waals surface area contributed by atoms with Crippen LogP contribution in [-0.4, -0.2) is 44.5 Å². The quantitative estimate of drug-likeness (QED) is 0.640. The third-order valence-corrected chi connectivity index (χ3v) is 5.99. The summed E-state index contributed by atoms with van der Waals surface area (Å²) >= 11 is 6.11. The zero-order valence-electron chi connectivity index (χ0n) is 14.9. The first-order chi connectivity index (χ1) is 12.3. The van der Waals surface area contributed by atoms with Crippen LogP contribution in [-0.2, 0) is 10.0 Å². The van der Waals surface area contributed by atoms with Gasteiger partial charge in [0.25, 0.3) is 10.0 Å². The third-order valence-electron chi connectivity index (χ3n) is 4.07. The highest BCUT2D eigenvalue weighted by atomic mass is 35.5. The maximum atomic E-state index is 13.1. The minimum Gasteiger partial charge on any atom is -0.490 e. The SMILES string of the molecule is Cc1ccc(S(=O)(=O)n2cc(OCCN(C)C)c3cc(Cl)ccc32)cc1. The molecule has 0 unspecified atom stereocenters. The van der Waals surface area contributed by atoms with E-state index in [2.05, 4.69) is 0 Å². The van der Waals surface area contributed by atoms with Gasteiger partial charge >= 0.3 is 0 Å². The molecule has 0 aliphatic carbocycles. The van der Waals surface area contributed by atoms with Crippen molar-refractivity contribution >= 4 is 32.5 Å². The van der Waals surface area contributed by atoms with Gasteiger partial charge in [-0.05, 0) is 51.4 Å². The molecule has 1 heterocycles. The predicted molar refractivity (Wildman–Crippen MR) is 105 cm³/mol. The molecular formula is C19H21ClN2O3S. The van der Waals surface area contributed by atoms with E-state index in [1.807, 2.05) is 25.9 Å². The predicted octanol–water partition coefficient (Wildman–Crippen LogP) is 3.78. The lowest BCUT2D eigenvalue weighted by Gasteiger charge is -2.10. The van der Waals surface area contributed by atoms with Crippen LogP contribution in [0.1, 0.15) is 5.56 Å². The van der Waals surface area contributed by atoms with Gasteiger partial charge < -0.3 is 9.64 Å². The number of hydrogen-bond donors (Lipinski definition) is 0. The van der Waals surface area contributed by atoms with Gasteiger partial charge in [-0.2, -0.15) is 0 Å². The number of aryl methyl sites for hydroxylation is 1. The Morgan fingerprint density at radius 2 is 1.81 bits per heavy atom. The van der Waals surface area contributed by atoms with Crippen molar-refractivity contribution in [3.05, 3.63) is 59.2 Å². The lowest BCUT2D eigenvalue weighted by atomic mass is 10.2. The molecule has 0 saturated heterocycles. The Bertz CT molecular complexity index is 1020. The second-order valence-corrected chi connectivity index (χ2v) is 8.67. The van der Waals surface area contributed by atoms with Gasteiger partial charge in [0, 0.05) is 17.0 Å². The fourth-order valence-electron chi connectivity index (χ4n) is 2.62. The summed E-state index contributed by atoms with van der Waals surface area (Å²) in [4.78, 5) is 2.23. The molecule has 0 atom stereocenters. The van der Waals surface area contributed by atoms with Crippen LogP contribution in [0.4, 0.5) is 0 Å². The first kappa shape index (κ1) is 18.8. The lowest BCUT2D eigenvalue weighted by Crippen LogP contribution is -2.19. The number of hydrogen-bond acceptors (Lipinski definition) is 4. The largest absolute Gasteiger partial charge is 0.490 e. The summed E-state index contributed by atoms with van der Waals surface area (Å²) in [7, 11) is 0.167. The summed E-state index contributed by atoms with van der Waals surface area (Å²) in [6.07, 6.45) is 1.52. The summed E-state index contributed by atoms with van der Waals surface area (Å²) in [5.41, 5.74) is 1.54. The van der Waals surface area contributed by atoms with Crippen LogP contribution in [0.3, 0.4) is 0 Å². The minimum atomic E-state index is -3.73. The smallest absolute Gasteiger partial charge is 0.268 e. The van der Waals surface area contributed by atoms with E-state index in [-0.39, 0.29) is 4.90 Å². The number of rotatable bonds is 6. The third kappa shape index (κ3) is 3.72. The van der Waals surface area contributed by atoms with Gasteiger partial charge in [-0.25, -0.2) is 12.4 Å². The molecule has 0 bridgehead atoms. The van der Waals surface area contributed by atoms with Crippen LogP contribution in [0.15, 0.2) is 53.6 Å². The topological polar surface area (TPSA) is 51.5 Å². The minimum absolute atomic E-state index is 0.231. The number of halogens is 1. The molecule has 0 fully saturated rings. The van der Waals surface area contributed by atoms with Gasteiger partial charge in [0.05, 0.1) is 16.6 Å². The molecule has 26 heavy (non-hydrogen) atoms. The molecule has 0 aliphatic heterocycles. The molecular weight excluding hydrogens is 372 g/mol. The highest BCUT2D eigenvalue weighted by Gasteiger charge is 2.22. The van der Waals surface area contributed by atoms with Crippen molar-refractivity contribution in [2.24, 2.45) is 0 Å². The van der Waals surface area contributed by atoms with Crippen molar-refractivity contribution in [1.82, 2.24) is 8.87 Å². The number of ether oxygens (including phenoxy) is 1. The first-order valence-corrected chi connectivity index (χ1v) is 10.0. The molecule has 2 aromatic carbocycles. The average Bonchev–Trinajstić information content (AvgIpc) is 2.94. The van der Waals surface area contributed by atoms with E-state index in [0.29, 0.717) is 28.3 Å². The number of likely N-dealkylation sites (N-methyl/N-ethyl adjacent to an activating group) is 1. The summed E-state index contributed by atoms with van der Waals surface area (Å²) in [5.74, 6) is 0.500. The fraction of sp³-hybridized carbons (Fsp3) is 0.263. The zero-order chi connectivity index (χ0) is 18.9. The van der Waals surface area contributed by atoms with Crippen LogP contribution < -0.4 is 4.74 Å². The lowest BCUT2D eigenvalue weighted by molar-refractivity contribution is 0.263. The van der Waals surface area contributed by atoms with Crippen molar-refractivity contribution in [2.75, 3.05) is 27.2 Å². The van der Waals surface area contributed by atoms with Gasteiger partial charge in [-0.15, -0.1) is 0 Å². The molecule has 3 rings (SSSR count). The van der Waals surface area contributed by atoms with E-state index in [1.54, 1.807) is 42.5 Å². The highest BCUT2D eigenvalue weighted by Crippen LogP contribution is 2.33. The van der Waals surface area contributed by atoms with Crippen LogP contribution in [0.25, 0.3) is 10.9 Å². The Labute approximate surface area is 158 Å². The average molecular weight is 393 g/mol. The van der Waals surface area contributed by atoms with E-state index in [9.17, 15) is 8.42 Å². The number of fused-ring (bicyclic) bond motifs is 1. The van der Waals surface area contributed by atoms with Gasteiger partial charge in [0.2, 0.25) is 0 Å². The van der Waals surface area contributed by atoms with Crippen molar-refractivity contribution < 1.29 is 13.2 Å². The Morgan fingerprint density at radius 3 is 2.46 bits per heavy atom. The molecule has 1 aromatic heterocycles. The highest BCUT2D eigenvalue weighted by molar-refractivity contribution is 7.90. The van der Waals surface area contributed by atoms with Crippen molar-refractivity contribution in [3.8, 4) is 5.75 Å². The molecule has 0 aliphatic rings. The Morgan fingerprint density at radius 1 is 1.12 bits per heavy atom. The molecule has 7 heteroatoms. The second kappa shape index (κ2) is 7.31. The Balaban J connectivity index is 2.09. The Kier molecular flexibility index (Phi) is 5.27. The van der Waals surface area contributed by atoms with Gasteiger partial charge in [-0.1, -0.05) is 29.3 Å². The van der Waals surface area contributed by atoms with Gasteiger partial charge in [0.15, 0.2) is 0 Å². The van der Waals surface area contributed by atoms with E-state index >= 15 is 0 Å². The fourth-order valence-corrected chi connectivity index (χ4v) is 4.15. The van der Waals surface area contributed by atoms with Crippen molar-refractivity contribution in [2.45, 2.75) is 11.8 Å². The number of benzene rings is 2. The van der Waals surface area contributed by atoms with E-state index in [0.717, 1.165) is 12.1 Å². The molecule has 0 spiro atoms. The molecule has 0 radical (unpaired) electrons. The molecule has 0 saturated carbocycles. The number of nitrogens with zero attached hydrogens (tertiary/aromatic N) is 2. The van der Waals surface area contributed by atoms with Crippen LogP contribution in [0.2, 0.25) is 5.02 Å². The van der Waals surface area contributed by atoms with Crippen molar-refractivity contribution in [3.63, 3.8) is 0 Å². The van der Waals surface area contributed by atoms with Crippen molar-refractivity contribution in [1.29, 1.82) is 0 Å². The summed E-state index contributed by atoms with van der Waals surface area (Å²) in [6, 6.07) is 11.9. The molecule has 0 amide bonds. The summed E-state index contributed by atoms with van der Waals surface area (Å²) < 4.78 is 33.3. The molecule has 0 N–H and O–H groups in total. The van der Waals surface area contributed by atoms with E-state index in [1.165, 1.54) is 10.2 Å². The molecule has 3 aromatic rings. The first-order valence-electron chi connectivity index (χ1n) is 8.19. The maximum absolute atomic E-state index is 13.1. The standard InChI is InChI=1S/C19H21ClN2O3S/c1-14-4-7-16(8-5-14)26(23,24)22-13-19(25-11-10-21(2)3)17-12-15(20)6-9-18(17)22/h4-9,12-13H,10-11H2,1-3H3. The van der Waals surface area contributed by atoms with Crippen LogP contribution in [0, 0.1) is 6.92 Å². The van der Waals surface area contributed by atoms with Gasteiger partial charge in [0.1, 0.15) is 12.4 Å². The van der Waals surface area contributed by atoms with Crippen LogP contribution in [0.5, 0.6) is 5.75 Å². The second-order valence-electron chi connectivity index (χ2n) is 6.42. The molecule has 138 valence electrons. The number of aromatic nitrogens is 1. The van der Waals surface area contributed by atoms with E-state index < -0.39 is 10.0 Å². The normalized spacial score (nSPS) is 12.0. The van der Waals surface area contributed by atoms with E-state index in [4.69, 9.17) is 16.3 Å². The van der Waals surface area contributed by atoms with Gasteiger partial charge in [-0.3, -0.25) is 0 Å². The summed E-state index contributed by atoms with van der Waals surface area (Å²) in [5, 5.41) is 1.20. The summed E-state index contributed by atoms with van der Waals surface area (Å²) in [6.45, 7) is 3.08. The Hall–Kier alpha value is -2.02. The maximum Gasteiger partial charge on any atom is 0.268 e.